The number of nitrogens with zero attached hydrogens (tertiary/aromatic N) is 2. The third-order valence-electron chi connectivity index (χ3n) is 3.70. The lowest BCUT2D eigenvalue weighted by Gasteiger charge is -2.10. The molecule has 1 unspecified atom stereocenters. The first-order valence-corrected chi connectivity index (χ1v) is 6.10. The monoisotopic (exact) mass is 227 g/mol. The van der Waals surface area contributed by atoms with Gasteiger partial charge in [0.1, 0.15) is 0 Å². The fraction of sp³-hybridized carbons (Fsp3) is 0.357. The van der Waals surface area contributed by atoms with Crippen LogP contribution in [-0.2, 0) is 13.5 Å². The highest BCUT2D eigenvalue weighted by Crippen LogP contribution is 2.38. The number of benzene rings is 1. The van der Waals surface area contributed by atoms with Crippen molar-refractivity contribution in [2.75, 3.05) is 6.54 Å². The molecule has 1 atom stereocenters. The average molecular weight is 227 g/mol. The molecule has 0 spiro atoms. The molecule has 2 aromatic rings. The molecule has 0 saturated carbocycles. The van der Waals surface area contributed by atoms with Crippen LogP contribution >= 0.6 is 0 Å². The molecule has 3 nitrogen and oxygen atoms in total. The average Bonchev–Trinajstić information content (AvgIpc) is 2.94. The van der Waals surface area contributed by atoms with E-state index in [1.807, 2.05) is 17.9 Å². The van der Waals surface area contributed by atoms with Crippen molar-refractivity contribution >= 4 is 0 Å². The van der Waals surface area contributed by atoms with Gasteiger partial charge in [-0.1, -0.05) is 18.2 Å². The summed E-state index contributed by atoms with van der Waals surface area (Å²) in [5.74, 6) is 0.543. The van der Waals surface area contributed by atoms with E-state index in [0.29, 0.717) is 5.92 Å². The minimum atomic E-state index is 0.543. The predicted octanol–water partition coefficient (Wildman–Crippen LogP) is 2.08. The first-order valence-electron chi connectivity index (χ1n) is 6.10. The van der Waals surface area contributed by atoms with Gasteiger partial charge in [0.15, 0.2) is 0 Å². The molecule has 0 amide bonds. The number of aryl methyl sites for hydroxylation is 1. The normalized spacial score (nSPS) is 18.4. The quantitative estimate of drug-likeness (QED) is 0.853. The molecule has 0 saturated heterocycles. The fourth-order valence-electron chi connectivity index (χ4n) is 2.82. The second kappa shape index (κ2) is 4.00. The molecular formula is C14H17N3. The summed E-state index contributed by atoms with van der Waals surface area (Å²) in [6.45, 7) is 0.753. The Morgan fingerprint density at radius 2 is 2.35 bits per heavy atom. The molecule has 2 N–H and O–H groups in total. The number of hydrogen-bond donors (Lipinski definition) is 1. The Bertz CT molecular complexity index is 542. The van der Waals surface area contributed by atoms with E-state index >= 15 is 0 Å². The topological polar surface area (TPSA) is 43.8 Å². The number of rotatable bonds is 2. The van der Waals surface area contributed by atoms with Crippen LogP contribution in [0, 0.1) is 0 Å². The number of aromatic nitrogens is 2. The molecule has 1 aromatic heterocycles. The SMILES string of the molecule is Cn1cc(-c2cccc3c2CCC3CN)cn1. The highest BCUT2D eigenvalue weighted by atomic mass is 15.2. The Morgan fingerprint density at radius 3 is 3.06 bits per heavy atom. The van der Waals surface area contributed by atoms with E-state index in [1.54, 1.807) is 0 Å². The Balaban J connectivity index is 2.11. The van der Waals surface area contributed by atoms with Crippen LogP contribution in [-0.4, -0.2) is 16.3 Å². The van der Waals surface area contributed by atoms with Gasteiger partial charge in [0, 0.05) is 18.8 Å². The summed E-state index contributed by atoms with van der Waals surface area (Å²) >= 11 is 0. The standard InChI is InChI=1S/C14H17N3/c1-17-9-11(8-16-17)13-4-2-3-12-10(7-15)5-6-14(12)13/h2-4,8-10H,5-7,15H2,1H3. The number of fused-ring (bicyclic) bond motifs is 1. The van der Waals surface area contributed by atoms with Crippen molar-refractivity contribution in [3.8, 4) is 11.1 Å². The van der Waals surface area contributed by atoms with Crippen LogP contribution in [0.25, 0.3) is 11.1 Å². The molecule has 3 heteroatoms. The third-order valence-corrected chi connectivity index (χ3v) is 3.70. The molecule has 3 rings (SSSR count). The predicted molar refractivity (Wildman–Crippen MR) is 68.8 cm³/mol. The van der Waals surface area contributed by atoms with E-state index in [0.717, 1.165) is 13.0 Å². The van der Waals surface area contributed by atoms with Crippen LogP contribution in [0.15, 0.2) is 30.6 Å². The Kier molecular flexibility index (Phi) is 2.48. The smallest absolute Gasteiger partial charge is 0.0568 e. The van der Waals surface area contributed by atoms with Crippen LogP contribution < -0.4 is 5.73 Å². The van der Waals surface area contributed by atoms with Crippen LogP contribution in [0.1, 0.15) is 23.5 Å². The molecular weight excluding hydrogens is 210 g/mol. The summed E-state index contributed by atoms with van der Waals surface area (Å²) in [6, 6.07) is 6.55. The van der Waals surface area contributed by atoms with Gasteiger partial charge in [0.2, 0.25) is 0 Å². The lowest BCUT2D eigenvalue weighted by atomic mass is 9.96. The van der Waals surface area contributed by atoms with E-state index in [9.17, 15) is 0 Å². The summed E-state index contributed by atoms with van der Waals surface area (Å²) in [5.41, 5.74) is 11.3. The largest absolute Gasteiger partial charge is 0.330 e. The first-order chi connectivity index (χ1) is 8.29. The lowest BCUT2D eigenvalue weighted by molar-refractivity contribution is 0.688. The second-order valence-corrected chi connectivity index (χ2v) is 4.75. The maximum absolute atomic E-state index is 5.83. The zero-order chi connectivity index (χ0) is 11.8. The van der Waals surface area contributed by atoms with Gasteiger partial charge in [-0.2, -0.15) is 5.10 Å². The van der Waals surface area contributed by atoms with Gasteiger partial charge in [-0.3, -0.25) is 4.68 Å². The highest BCUT2D eigenvalue weighted by Gasteiger charge is 2.23. The van der Waals surface area contributed by atoms with Crippen molar-refractivity contribution in [1.29, 1.82) is 0 Å². The highest BCUT2D eigenvalue weighted by molar-refractivity contribution is 5.69. The minimum Gasteiger partial charge on any atom is -0.330 e. The van der Waals surface area contributed by atoms with Crippen molar-refractivity contribution in [2.45, 2.75) is 18.8 Å². The number of nitrogens with two attached hydrogens (primary N) is 1. The second-order valence-electron chi connectivity index (χ2n) is 4.75. The zero-order valence-electron chi connectivity index (χ0n) is 10.1. The fourth-order valence-corrected chi connectivity index (χ4v) is 2.82. The van der Waals surface area contributed by atoms with E-state index in [-0.39, 0.29) is 0 Å². The van der Waals surface area contributed by atoms with Gasteiger partial charge in [-0.05, 0) is 42.0 Å². The molecule has 17 heavy (non-hydrogen) atoms. The Morgan fingerprint density at radius 1 is 1.47 bits per heavy atom. The molecule has 1 aliphatic carbocycles. The minimum absolute atomic E-state index is 0.543. The van der Waals surface area contributed by atoms with Crippen LogP contribution in [0.5, 0.6) is 0 Å². The molecule has 1 heterocycles. The summed E-state index contributed by atoms with van der Waals surface area (Å²) in [4.78, 5) is 0. The molecule has 0 radical (unpaired) electrons. The Labute approximate surface area is 101 Å². The van der Waals surface area contributed by atoms with Crippen molar-refractivity contribution in [2.24, 2.45) is 12.8 Å². The molecule has 0 aliphatic heterocycles. The van der Waals surface area contributed by atoms with Crippen molar-refractivity contribution < 1.29 is 0 Å². The van der Waals surface area contributed by atoms with Crippen molar-refractivity contribution in [3.63, 3.8) is 0 Å². The van der Waals surface area contributed by atoms with Gasteiger partial charge in [-0.15, -0.1) is 0 Å². The summed E-state index contributed by atoms with van der Waals surface area (Å²) in [7, 11) is 1.95. The maximum atomic E-state index is 5.83. The van der Waals surface area contributed by atoms with Gasteiger partial charge in [0.25, 0.3) is 0 Å². The summed E-state index contributed by atoms with van der Waals surface area (Å²) in [5, 5.41) is 4.25. The third kappa shape index (κ3) is 1.67. The van der Waals surface area contributed by atoms with Crippen LogP contribution in [0.4, 0.5) is 0 Å². The molecule has 88 valence electrons. The first kappa shape index (κ1) is 10.5. The lowest BCUT2D eigenvalue weighted by Crippen LogP contribution is -2.09. The van der Waals surface area contributed by atoms with Crippen LogP contribution in [0.2, 0.25) is 0 Å². The summed E-state index contributed by atoms with van der Waals surface area (Å²) in [6.07, 6.45) is 6.34. The van der Waals surface area contributed by atoms with Crippen molar-refractivity contribution in [1.82, 2.24) is 9.78 Å². The van der Waals surface area contributed by atoms with E-state index in [4.69, 9.17) is 5.73 Å². The summed E-state index contributed by atoms with van der Waals surface area (Å²) < 4.78 is 1.85. The maximum Gasteiger partial charge on any atom is 0.0568 e. The molecule has 0 fully saturated rings. The zero-order valence-corrected chi connectivity index (χ0v) is 10.1. The Hall–Kier alpha value is -1.61. The van der Waals surface area contributed by atoms with E-state index in [1.165, 1.54) is 28.7 Å². The molecule has 1 aromatic carbocycles. The van der Waals surface area contributed by atoms with Gasteiger partial charge >= 0.3 is 0 Å². The molecule has 0 bridgehead atoms. The molecule has 1 aliphatic rings. The van der Waals surface area contributed by atoms with Crippen molar-refractivity contribution in [3.05, 3.63) is 41.7 Å². The van der Waals surface area contributed by atoms with Gasteiger partial charge < -0.3 is 5.73 Å². The van der Waals surface area contributed by atoms with E-state index < -0.39 is 0 Å². The van der Waals surface area contributed by atoms with E-state index in [2.05, 4.69) is 29.5 Å². The van der Waals surface area contributed by atoms with Gasteiger partial charge in [-0.25, -0.2) is 0 Å². The van der Waals surface area contributed by atoms with Gasteiger partial charge in [0.05, 0.1) is 6.20 Å². The van der Waals surface area contributed by atoms with Crippen LogP contribution in [0.3, 0.4) is 0 Å². The number of hydrogen-bond acceptors (Lipinski definition) is 2.